The van der Waals surface area contributed by atoms with Crippen molar-refractivity contribution in [2.45, 2.75) is 13.0 Å². The number of benzene rings is 1. The fourth-order valence-electron chi connectivity index (χ4n) is 2.75. The van der Waals surface area contributed by atoms with Crippen LogP contribution in [-0.2, 0) is 13.0 Å². The highest BCUT2D eigenvalue weighted by Gasteiger charge is 2.23. The molecule has 1 aromatic carbocycles. The monoisotopic (exact) mass is 285 g/mol. The van der Waals surface area contributed by atoms with Gasteiger partial charge in [0, 0.05) is 38.2 Å². The van der Waals surface area contributed by atoms with Gasteiger partial charge in [0.15, 0.2) is 0 Å². The molecule has 0 saturated heterocycles. The van der Waals surface area contributed by atoms with Crippen molar-refractivity contribution in [2.24, 2.45) is 0 Å². The average Bonchev–Trinajstić information content (AvgIpc) is 2.83. The third kappa shape index (κ3) is 2.94. The molecule has 112 valence electrons. The number of fused-ring (bicyclic) bond motifs is 1. The van der Waals surface area contributed by atoms with Gasteiger partial charge >= 0.3 is 0 Å². The summed E-state index contributed by atoms with van der Waals surface area (Å²) in [5.74, 6) is 0.783. The molecule has 0 radical (unpaired) electrons. The molecule has 0 bridgehead atoms. The lowest BCUT2D eigenvalue weighted by molar-refractivity contribution is 0.225. The van der Waals surface area contributed by atoms with Crippen molar-refractivity contribution < 1.29 is 0 Å². The van der Waals surface area contributed by atoms with Gasteiger partial charge in [-0.05, 0) is 26.2 Å². The maximum atomic E-state index is 6.34. The summed E-state index contributed by atoms with van der Waals surface area (Å²) in [6.45, 7) is 4.11. The minimum absolute atomic E-state index is 0.783. The number of aromatic nitrogens is 2. The molecule has 3 rings (SSSR count). The number of nitrogens with two attached hydrogens (primary N) is 1. The molecule has 0 amide bonds. The molecule has 0 saturated carbocycles. The first-order valence-corrected chi connectivity index (χ1v) is 7.44. The van der Waals surface area contributed by atoms with Gasteiger partial charge in [-0.15, -0.1) is 0 Å². The van der Waals surface area contributed by atoms with Crippen molar-refractivity contribution in [2.75, 3.05) is 39.5 Å². The number of para-hydroxylation sites is 1. The van der Waals surface area contributed by atoms with Crippen LogP contribution in [0.5, 0.6) is 0 Å². The summed E-state index contributed by atoms with van der Waals surface area (Å²) in [5.41, 5.74) is 9.72. The maximum Gasteiger partial charge on any atom is 0.132 e. The van der Waals surface area contributed by atoms with Gasteiger partial charge in [0.2, 0.25) is 0 Å². The number of nitrogen functional groups attached to an aromatic ring is 1. The van der Waals surface area contributed by atoms with E-state index in [2.05, 4.69) is 23.9 Å². The Labute approximate surface area is 126 Å². The van der Waals surface area contributed by atoms with Crippen molar-refractivity contribution in [1.82, 2.24) is 19.6 Å². The van der Waals surface area contributed by atoms with Crippen LogP contribution in [0.4, 0.5) is 5.82 Å². The number of hydrogen-bond acceptors (Lipinski definition) is 4. The SMILES string of the molecule is CN(C)CCN1CCc2nn(-c3ccccc3)c(N)c2C1. The summed E-state index contributed by atoms with van der Waals surface area (Å²) < 4.78 is 1.88. The summed E-state index contributed by atoms with van der Waals surface area (Å²) >= 11 is 0. The Bertz CT molecular complexity index is 603. The van der Waals surface area contributed by atoms with Gasteiger partial charge in [0.05, 0.1) is 11.4 Å². The molecule has 0 aliphatic carbocycles. The Morgan fingerprint density at radius 3 is 2.71 bits per heavy atom. The highest BCUT2D eigenvalue weighted by atomic mass is 15.3. The predicted octanol–water partition coefficient (Wildman–Crippen LogP) is 1.37. The third-order valence-electron chi connectivity index (χ3n) is 4.02. The van der Waals surface area contributed by atoms with Crippen molar-refractivity contribution >= 4 is 5.82 Å². The minimum Gasteiger partial charge on any atom is -0.383 e. The first-order chi connectivity index (χ1) is 10.1. The standard InChI is InChI=1S/C16H23N5/c1-19(2)10-11-20-9-8-15-14(12-20)16(17)21(18-15)13-6-4-3-5-7-13/h3-7H,8-12,17H2,1-2H3. The van der Waals surface area contributed by atoms with E-state index in [9.17, 15) is 0 Å². The van der Waals surface area contributed by atoms with Crippen LogP contribution in [0.25, 0.3) is 5.69 Å². The van der Waals surface area contributed by atoms with E-state index in [0.717, 1.165) is 49.8 Å². The molecule has 1 aliphatic heterocycles. The molecular weight excluding hydrogens is 262 g/mol. The first kappa shape index (κ1) is 14.1. The van der Waals surface area contributed by atoms with Gasteiger partial charge < -0.3 is 10.6 Å². The van der Waals surface area contributed by atoms with E-state index in [1.165, 1.54) is 5.56 Å². The molecule has 5 heteroatoms. The molecule has 2 N–H and O–H groups in total. The van der Waals surface area contributed by atoms with E-state index in [-0.39, 0.29) is 0 Å². The van der Waals surface area contributed by atoms with Gasteiger partial charge in [-0.25, -0.2) is 4.68 Å². The number of anilines is 1. The fraction of sp³-hybridized carbons (Fsp3) is 0.438. The summed E-state index contributed by atoms with van der Waals surface area (Å²) in [7, 11) is 4.22. The number of rotatable bonds is 4. The lowest BCUT2D eigenvalue weighted by atomic mass is 10.1. The van der Waals surface area contributed by atoms with E-state index in [4.69, 9.17) is 10.8 Å². The largest absolute Gasteiger partial charge is 0.383 e. The molecule has 0 fully saturated rings. The van der Waals surface area contributed by atoms with E-state index in [1.807, 2.05) is 35.0 Å². The van der Waals surface area contributed by atoms with Gasteiger partial charge in [0.1, 0.15) is 5.82 Å². The molecule has 2 aromatic rings. The summed E-state index contributed by atoms with van der Waals surface area (Å²) in [6.07, 6.45) is 0.979. The van der Waals surface area contributed by atoms with Crippen molar-refractivity contribution in [3.8, 4) is 5.69 Å². The van der Waals surface area contributed by atoms with Gasteiger partial charge in [-0.3, -0.25) is 4.90 Å². The van der Waals surface area contributed by atoms with Crippen LogP contribution in [0.15, 0.2) is 30.3 Å². The van der Waals surface area contributed by atoms with E-state index in [0.29, 0.717) is 0 Å². The molecule has 2 heterocycles. The molecular formula is C16H23N5. The fourth-order valence-corrected chi connectivity index (χ4v) is 2.75. The molecule has 5 nitrogen and oxygen atoms in total. The van der Waals surface area contributed by atoms with Crippen LogP contribution in [0, 0.1) is 0 Å². The highest BCUT2D eigenvalue weighted by Crippen LogP contribution is 2.26. The lowest BCUT2D eigenvalue weighted by Crippen LogP contribution is -2.35. The first-order valence-electron chi connectivity index (χ1n) is 7.44. The molecule has 0 unspecified atom stereocenters. The Kier molecular flexibility index (Phi) is 3.94. The van der Waals surface area contributed by atoms with Crippen molar-refractivity contribution in [1.29, 1.82) is 0 Å². The number of likely N-dealkylation sites (N-methyl/N-ethyl adjacent to an activating group) is 1. The predicted molar refractivity (Wildman–Crippen MR) is 85.5 cm³/mol. The lowest BCUT2D eigenvalue weighted by Gasteiger charge is -2.27. The number of nitrogens with zero attached hydrogens (tertiary/aromatic N) is 4. The average molecular weight is 285 g/mol. The second-order valence-electron chi connectivity index (χ2n) is 5.89. The van der Waals surface area contributed by atoms with E-state index >= 15 is 0 Å². The number of hydrogen-bond donors (Lipinski definition) is 1. The van der Waals surface area contributed by atoms with E-state index < -0.39 is 0 Å². The third-order valence-corrected chi connectivity index (χ3v) is 4.02. The minimum atomic E-state index is 0.783. The quantitative estimate of drug-likeness (QED) is 0.922. The van der Waals surface area contributed by atoms with Crippen molar-refractivity contribution in [3.63, 3.8) is 0 Å². The summed E-state index contributed by atoms with van der Waals surface area (Å²) in [5, 5.41) is 4.70. The van der Waals surface area contributed by atoms with Gasteiger partial charge in [0.25, 0.3) is 0 Å². The van der Waals surface area contributed by atoms with Gasteiger partial charge in [-0.1, -0.05) is 18.2 Å². The molecule has 0 atom stereocenters. The smallest absolute Gasteiger partial charge is 0.132 e. The van der Waals surface area contributed by atoms with Crippen LogP contribution in [0.1, 0.15) is 11.3 Å². The Hall–Kier alpha value is -1.85. The Balaban J connectivity index is 1.82. The second kappa shape index (κ2) is 5.87. The Morgan fingerprint density at radius 2 is 2.00 bits per heavy atom. The van der Waals surface area contributed by atoms with Crippen molar-refractivity contribution in [3.05, 3.63) is 41.6 Å². The molecule has 21 heavy (non-hydrogen) atoms. The van der Waals surface area contributed by atoms with Crippen LogP contribution < -0.4 is 5.73 Å². The molecule has 1 aromatic heterocycles. The summed E-state index contributed by atoms with van der Waals surface area (Å²) in [4.78, 5) is 4.67. The normalized spacial score (nSPS) is 15.4. The Morgan fingerprint density at radius 1 is 1.24 bits per heavy atom. The highest BCUT2D eigenvalue weighted by molar-refractivity contribution is 5.50. The molecule has 0 spiro atoms. The zero-order chi connectivity index (χ0) is 14.8. The van der Waals surface area contributed by atoms with Crippen LogP contribution >= 0.6 is 0 Å². The maximum absolute atomic E-state index is 6.34. The van der Waals surface area contributed by atoms with Gasteiger partial charge in [-0.2, -0.15) is 5.10 Å². The molecule has 1 aliphatic rings. The zero-order valence-corrected chi connectivity index (χ0v) is 12.8. The van der Waals surface area contributed by atoms with E-state index in [1.54, 1.807) is 0 Å². The van der Waals surface area contributed by atoms with Crippen LogP contribution in [0.2, 0.25) is 0 Å². The van der Waals surface area contributed by atoms with Crippen LogP contribution in [-0.4, -0.2) is 53.3 Å². The topological polar surface area (TPSA) is 50.3 Å². The summed E-state index contributed by atoms with van der Waals surface area (Å²) in [6, 6.07) is 10.1. The van der Waals surface area contributed by atoms with Crippen LogP contribution in [0.3, 0.4) is 0 Å². The zero-order valence-electron chi connectivity index (χ0n) is 12.8. The second-order valence-corrected chi connectivity index (χ2v) is 5.89.